The summed E-state index contributed by atoms with van der Waals surface area (Å²) < 4.78 is 17.7. The van der Waals surface area contributed by atoms with Crippen LogP contribution in [0.5, 0.6) is 5.75 Å². The standard InChI is InChI=1S/C25H31N7O5/c1-6-35-23(33)20-21(27)31-32-11-10-19(30-22(20)32)28-14-17-16(12-26)8-7-9-18(17)36-15(2)13-29-24(34)37-25(3,4)5/h7-11,15H,6,13-14H2,1-5H3,(H2,27,31)(H,28,30)(H,29,34)/t15-/m0/s1. The summed E-state index contributed by atoms with van der Waals surface area (Å²) in [5.74, 6) is 0.310. The van der Waals surface area contributed by atoms with Crippen LogP contribution in [0.2, 0.25) is 0 Å². The van der Waals surface area contributed by atoms with Crippen molar-refractivity contribution in [1.29, 1.82) is 5.26 Å². The summed E-state index contributed by atoms with van der Waals surface area (Å²) in [6.07, 6.45) is 0.665. The van der Waals surface area contributed by atoms with Crippen LogP contribution in [0, 0.1) is 11.3 Å². The topological polar surface area (TPSA) is 166 Å². The van der Waals surface area contributed by atoms with E-state index in [-0.39, 0.29) is 36.7 Å². The highest BCUT2D eigenvalue weighted by Gasteiger charge is 2.21. The Hall–Kier alpha value is -4.53. The lowest BCUT2D eigenvalue weighted by Gasteiger charge is -2.22. The third kappa shape index (κ3) is 7.00. The predicted molar refractivity (Wildman–Crippen MR) is 136 cm³/mol. The molecule has 0 unspecified atom stereocenters. The molecule has 0 saturated heterocycles. The molecule has 2 aromatic heterocycles. The predicted octanol–water partition coefficient (Wildman–Crippen LogP) is 3.26. The molecule has 0 aliphatic rings. The molecule has 3 aromatic rings. The number of carbonyl (C=O) groups is 2. The first-order chi connectivity index (χ1) is 17.5. The number of hydrogen-bond donors (Lipinski definition) is 3. The van der Waals surface area contributed by atoms with Gasteiger partial charge < -0.3 is 30.6 Å². The number of rotatable bonds is 9. The third-order valence-corrected chi connectivity index (χ3v) is 4.95. The molecule has 3 rings (SSSR count). The van der Waals surface area contributed by atoms with Gasteiger partial charge in [0, 0.05) is 18.3 Å². The van der Waals surface area contributed by atoms with Gasteiger partial charge in [-0.3, -0.25) is 0 Å². The number of carbonyl (C=O) groups excluding carboxylic acids is 2. The van der Waals surface area contributed by atoms with Crippen molar-refractivity contribution in [2.45, 2.75) is 52.9 Å². The largest absolute Gasteiger partial charge is 0.488 e. The molecule has 1 atom stereocenters. The van der Waals surface area contributed by atoms with E-state index >= 15 is 0 Å². The van der Waals surface area contributed by atoms with Crippen molar-refractivity contribution < 1.29 is 23.8 Å². The molecule has 1 amide bonds. The number of aromatic nitrogens is 3. The zero-order valence-corrected chi connectivity index (χ0v) is 21.5. The Bertz CT molecular complexity index is 1320. The number of ether oxygens (including phenoxy) is 3. The molecule has 2 heterocycles. The van der Waals surface area contributed by atoms with Crippen LogP contribution in [0.3, 0.4) is 0 Å². The van der Waals surface area contributed by atoms with E-state index in [0.717, 1.165) is 0 Å². The molecule has 0 radical (unpaired) electrons. The second kappa shape index (κ2) is 11.5. The first-order valence-corrected chi connectivity index (χ1v) is 11.7. The quantitative estimate of drug-likeness (QED) is 0.364. The van der Waals surface area contributed by atoms with Gasteiger partial charge in [-0.15, -0.1) is 5.10 Å². The highest BCUT2D eigenvalue weighted by atomic mass is 16.6. The molecule has 0 aliphatic heterocycles. The van der Waals surface area contributed by atoms with Crippen molar-refractivity contribution in [1.82, 2.24) is 19.9 Å². The number of nitrogens with two attached hydrogens (primary N) is 1. The van der Waals surface area contributed by atoms with Gasteiger partial charge in [-0.05, 0) is 52.8 Å². The summed E-state index contributed by atoms with van der Waals surface area (Å²) >= 11 is 0. The lowest BCUT2D eigenvalue weighted by Crippen LogP contribution is -2.37. The van der Waals surface area contributed by atoms with Gasteiger partial charge in [0.25, 0.3) is 0 Å². The second-order valence-corrected chi connectivity index (χ2v) is 9.12. The zero-order chi connectivity index (χ0) is 27.2. The van der Waals surface area contributed by atoms with E-state index in [9.17, 15) is 14.9 Å². The number of esters is 1. The Kier molecular flexibility index (Phi) is 8.39. The lowest BCUT2D eigenvalue weighted by molar-refractivity contribution is 0.0501. The van der Waals surface area contributed by atoms with Crippen LogP contribution in [-0.4, -0.2) is 51.5 Å². The number of amides is 1. The minimum Gasteiger partial charge on any atom is -0.488 e. The molecule has 0 bridgehead atoms. The number of benzene rings is 1. The molecule has 37 heavy (non-hydrogen) atoms. The van der Waals surface area contributed by atoms with Gasteiger partial charge in [0.05, 0.1) is 24.8 Å². The fourth-order valence-electron chi connectivity index (χ4n) is 3.39. The Labute approximate surface area is 214 Å². The van der Waals surface area contributed by atoms with E-state index in [4.69, 9.17) is 19.9 Å². The van der Waals surface area contributed by atoms with Crippen LogP contribution in [-0.2, 0) is 16.0 Å². The number of fused-ring (bicyclic) bond motifs is 1. The first-order valence-electron chi connectivity index (χ1n) is 11.7. The van der Waals surface area contributed by atoms with Crippen LogP contribution in [0.4, 0.5) is 16.4 Å². The molecular formula is C25H31N7O5. The average molecular weight is 510 g/mol. The highest BCUT2D eigenvalue weighted by Crippen LogP contribution is 2.25. The van der Waals surface area contributed by atoms with E-state index < -0.39 is 23.8 Å². The molecule has 0 fully saturated rings. The number of alkyl carbamates (subject to hydrolysis) is 1. The van der Waals surface area contributed by atoms with Crippen LogP contribution < -0.4 is 21.1 Å². The maximum Gasteiger partial charge on any atom is 0.407 e. The molecule has 12 heteroatoms. The number of nitriles is 1. The fourth-order valence-corrected chi connectivity index (χ4v) is 3.39. The van der Waals surface area contributed by atoms with Gasteiger partial charge in [0.1, 0.15) is 28.8 Å². The highest BCUT2D eigenvalue weighted by molar-refractivity contribution is 6.00. The Morgan fingerprint density at radius 3 is 2.70 bits per heavy atom. The molecule has 12 nitrogen and oxygen atoms in total. The van der Waals surface area contributed by atoms with Crippen LogP contribution in [0.15, 0.2) is 30.5 Å². The maximum atomic E-state index is 12.3. The van der Waals surface area contributed by atoms with Crippen molar-refractivity contribution in [2.24, 2.45) is 0 Å². The normalized spacial score (nSPS) is 11.9. The van der Waals surface area contributed by atoms with Gasteiger partial charge in [-0.1, -0.05) is 6.07 Å². The van der Waals surface area contributed by atoms with Crippen LogP contribution >= 0.6 is 0 Å². The van der Waals surface area contributed by atoms with Crippen LogP contribution in [0.25, 0.3) is 5.65 Å². The summed E-state index contributed by atoms with van der Waals surface area (Å²) in [6, 6.07) is 8.98. The van der Waals surface area contributed by atoms with Gasteiger partial charge in [-0.25, -0.2) is 19.1 Å². The second-order valence-electron chi connectivity index (χ2n) is 9.12. The summed E-state index contributed by atoms with van der Waals surface area (Å²) in [6.45, 7) is 9.43. The first kappa shape index (κ1) is 27.1. The summed E-state index contributed by atoms with van der Waals surface area (Å²) in [7, 11) is 0. The maximum absolute atomic E-state index is 12.3. The number of hydrogen-bond acceptors (Lipinski definition) is 10. The van der Waals surface area contributed by atoms with Crippen molar-refractivity contribution in [2.75, 3.05) is 24.2 Å². The summed E-state index contributed by atoms with van der Waals surface area (Å²) in [5, 5.41) is 19.6. The number of nitrogens with zero attached hydrogens (tertiary/aromatic N) is 4. The van der Waals surface area contributed by atoms with E-state index in [1.54, 1.807) is 65.1 Å². The Morgan fingerprint density at radius 1 is 1.27 bits per heavy atom. The Morgan fingerprint density at radius 2 is 2.03 bits per heavy atom. The molecule has 4 N–H and O–H groups in total. The molecule has 1 aromatic carbocycles. The number of anilines is 2. The van der Waals surface area contributed by atoms with Crippen molar-refractivity contribution >= 4 is 29.3 Å². The molecule has 0 spiro atoms. The Balaban J connectivity index is 1.76. The van der Waals surface area contributed by atoms with E-state index in [1.807, 2.05) is 0 Å². The summed E-state index contributed by atoms with van der Waals surface area (Å²) in [5.41, 5.74) is 6.64. The van der Waals surface area contributed by atoms with E-state index in [1.165, 1.54) is 4.52 Å². The van der Waals surface area contributed by atoms with Gasteiger partial charge in [-0.2, -0.15) is 5.26 Å². The van der Waals surface area contributed by atoms with Crippen molar-refractivity contribution in [3.63, 3.8) is 0 Å². The molecule has 0 saturated carbocycles. The SMILES string of the molecule is CCOC(=O)c1c(N)nn2ccc(NCc3c(C#N)cccc3O[C@@H](C)CNC(=O)OC(C)(C)C)nc12. The summed E-state index contributed by atoms with van der Waals surface area (Å²) in [4.78, 5) is 28.7. The van der Waals surface area contributed by atoms with Gasteiger partial charge in [0.15, 0.2) is 11.5 Å². The number of nitrogens with one attached hydrogen (secondary N) is 2. The minimum atomic E-state index is -0.612. The minimum absolute atomic E-state index is 0.0163. The number of nitrogen functional groups attached to an aromatic ring is 1. The van der Waals surface area contributed by atoms with E-state index in [0.29, 0.717) is 22.7 Å². The monoisotopic (exact) mass is 509 g/mol. The molecule has 0 aliphatic carbocycles. The van der Waals surface area contributed by atoms with Gasteiger partial charge >= 0.3 is 12.1 Å². The average Bonchev–Trinajstić information content (AvgIpc) is 3.15. The smallest absolute Gasteiger partial charge is 0.407 e. The third-order valence-electron chi connectivity index (χ3n) is 4.95. The lowest BCUT2D eigenvalue weighted by atomic mass is 10.1. The van der Waals surface area contributed by atoms with Gasteiger partial charge in [0.2, 0.25) is 0 Å². The molecule has 196 valence electrons. The molecular weight excluding hydrogens is 478 g/mol. The van der Waals surface area contributed by atoms with Crippen molar-refractivity contribution in [3.8, 4) is 11.8 Å². The fraction of sp³-hybridized carbons (Fsp3) is 0.400. The van der Waals surface area contributed by atoms with Crippen LogP contribution in [0.1, 0.15) is 56.1 Å². The van der Waals surface area contributed by atoms with Crippen molar-refractivity contribution in [3.05, 3.63) is 47.2 Å². The zero-order valence-electron chi connectivity index (χ0n) is 21.5. The van der Waals surface area contributed by atoms with E-state index in [2.05, 4.69) is 26.8 Å².